The standard InChI is InChI=1S/C11H24N2O3S/c1-4-11(14,5-2)9-13-7-6-10(8-13)12-17(3,15)16/h10,12,14H,4-9H2,1-3H3. The summed E-state index contributed by atoms with van der Waals surface area (Å²) in [6.45, 7) is 6.12. The van der Waals surface area contributed by atoms with Gasteiger partial charge in [0.05, 0.1) is 11.9 Å². The smallest absolute Gasteiger partial charge is 0.208 e. The average Bonchev–Trinajstić information content (AvgIpc) is 2.62. The van der Waals surface area contributed by atoms with Gasteiger partial charge in [0.15, 0.2) is 0 Å². The van der Waals surface area contributed by atoms with Crippen LogP contribution in [0, 0.1) is 0 Å². The molecule has 1 fully saturated rings. The monoisotopic (exact) mass is 264 g/mol. The minimum atomic E-state index is -3.12. The molecule has 0 aliphatic carbocycles. The van der Waals surface area contributed by atoms with Crippen molar-refractivity contribution in [3.05, 3.63) is 0 Å². The second-order valence-electron chi connectivity index (χ2n) is 5.04. The van der Waals surface area contributed by atoms with E-state index < -0.39 is 15.6 Å². The molecule has 0 aromatic rings. The fourth-order valence-electron chi connectivity index (χ4n) is 2.27. The first kappa shape index (κ1) is 14.9. The van der Waals surface area contributed by atoms with Crippen LogP contribution < -0.4 is 4.72 Å². The summed E-state index contributed by atoms with van der Waals surface area (Å²) in [5.41, 5.74) is -0.639. The molecule has 1 atom stereocenters. The van der Waals surface area contributed by atoms with Crippen LogP contribution in [0.2, 0.25) is 0 Å². The molecule has 0 bridgehead atoms. The van der Waals surface area contributed by atoms with Crippen LogP contribution in [0.4, 0.5) is 0 Å². The summed E-state index contributed by atoms with van der Waals surface area (Å²) in [5.74, 6) is 0. The number of likely N-dealkylation sites (tertiary alicyclic amines) is 1. The van der Waals surface area contributed by atoms with E-state index in [0.717, 1.165) is 25.8 Å². The first-order chi connectivity index (χ1) is 7.78. The predicted molar refractivity (Wildman–Crippen MR) is 68.4 cm³/mol. The van der Waals surface area contributed by atoms with Crippen molar-refractivity contribution in [1.82, 2.24) is 9.62 Å². The van der Waals surface area contributed by atoms with Crippen LogP contribution in [0.25, 0.3) is 0 Å². The topological polar surface area (TPSA) is 69.6 Å². The number of nitrogens with one attached hydrogen (secondary N) is 1. The number of hydrogen-bond donors (Lipinski definition) is 2. The van der Waals surface area contributed by atoms with E-state index in [9.17, 15) is 13.5 Å². The van der Waals surface area contributed by atoms with Crippen molar-refractivity contribution in [3.8, 4) is 0 Å². The van der Waals surface area contributed by atoms with Gasteiger partial charge in [0.2, 0.25) is 10.0 Å². The zero-order chi connectivity index (χ0) is 13.1. The highest BCUT2D eigenvalue weighted by molar-refractivity contribution is 7.88. The van der Waals surface area contributed by atoms with Gasteiger partial charge in [-0.2, -0.15) is 0 Å². The third-order valence-corrected chi connectivity index (χ3v) is 4.25. The van der Waals surface area contributed by atoms with Gasteiger partial charge in [0.1, 0.15) is 0 Å². The van der Waals surface area contributed by atoms with Crippen LogP contribution in [-0.4, -0.2) is 56.0 Å². The van der Waals surface area contributed by atoms with Crippen LogP contribution in [0.5, 0.6) is 0 Å². The van der Waals surface area contributed by atoms with Crippen molar-refractivity contribution in [1.29, 1.82) is 0 Å². The molecule has 1 rings (SSSR count). The van der Waals surface area contributed by atoms with E-state index >= 15 is 0 Å². The molecule has 0 aromatic carbocycles. The Morgan fingerprint density at radius 2 is 2.00 bits per heavy atom. The van der Waals surface area contributed by atoms with Crippen molar-refractivity contribution in [3.63, 3.8) is 0 Å². The van der Waals surface area contributed by atoms with E-state index in [4.69, 9.17) is 0 Å². The van der Waals surface area contributed by atoms with Gasteiger partial charge < -0.3 is 5.11 Å². The number of rotatable bonds is 6. The Labute approximate surface area is 104 Å². The molecule has 1 aliphatic rings. The molecule has 0 amide bonds. The van der Waals surface area contributed by atoms with Gasteiger partial charge in [0.25, 0.3) is 0 Å². The van der Waals surface area contributed by atoms with Crippen molar-refractivity contribution < 1.29 is 13.5 Å². The maximum atomic E-state index is 11.1. The molecule has 0 spiro atoms. The molecular weight excluding hydrogens is 240 g/mol. The van der Waals surface area contributed by atoms with Crippen molar-refractivity contribution in [2.45, 2.75) is 44.8 Å². The Balaban J connectivity index is 2.46. The molecule has 0 aromatic heterocycles. The number of aliphatic hydroxyl groups is 1. The van der Waals surface area contributed by atoms with Crippen molar-refractivity contribution >= 4 is 10.0 Å². The second kappa shape index (κ2) is 5.65. The van der Waals surface area contributed by atoms with E-state index in [2.05, 4.69) is 9.62 Å². The maximum absolute atomic E-state index is 11.1. The Kier molecular flexibility index (Phi) is 4.95. The largest absolute Gasteiger partial charge is 0.389 e. The molecule has 5 nitrogen and oxygen atoms in total. The summed E-state index contributed by atoms with van der Waals surface area (Å²) in [5, 5.41) is 10.2. The number of hydrogen-bond acceptors (Lipinski definition) is 4. The molecule has 17 heavy (non-hydrogen) atoms. The van der Waals surface area contributed by atoms with Crippen LogP contribution in [0.15, 0.2) is 0 Å². The summed E-state index contributed by atoms with van der Waals surface area (Å²) >= 11 is 0. The summed E-state index contributed by atoms with van der Waals surface area (Å²) in [6, 6.07) is -0.0111. The molecule has 2 N–H and O–H groups in total. The quantitative estimate of drug-likeness (QED) is 0.717. The third-order valence-electron chi connectivity index (χ3n) is 3.49. The lowest BCUT2D eigenvalue weighted by Gasteiger charge is -2.30. The highest BCUT2D eigenvalue weighted by Crippen LogP contribution is 2.19. The van der Waals surface area contributed by atoms with E-state index in [1.54, 1.807) is 0 Å². The summed E-state index contributed by atoms with van der Waals surface area (Å²) in [4.78, 5) is 2.13. The molecule has 0 saturated carbocycles. The lowest BCUT2D eigenvalue weighted by molar-refractivity contribution is 0.00215. The first-order valence-electron chi connectivity index (χ1n) is 6.20. The molecule has 102 valence electrons. The Hall–Kier alpha value is -0.170. The van der Waals surface area contributed by atoms with Crippen molar-refractivity contribution in [2.24, 2.45) is 0 Å². The van der Waals surface area contributed by atoms with Crippen LogP contribution in [0.1, 0.15) is 33.1 Å². The van der Waals surface area contributed by atoms with Crippen LogP contribution in [-0.2, 0) is 10.0 Å². The fourth-order valence-corrected chi connectivity index (χ4v) is 3.06. The SMILES string of the molecule is CCC(O)(CC)CN1CCC(NS(C)(=O)=O)C1. The van der Waals surface area contributed by atoms with Crippen molar-refractivity contribution in [2.75, 3.05) is 25.9 Å². The van der Waals surface area contributed by atoms with Gasteiger partial charge in [-0.15, -0.1) is 0 Å². The van der Waals surface area contributed by atoms with E-state index in [0.29, 0.717) is 13.1 Å². The lowest BCUT2D eigenvalue weighted by atomic mass is 9.97. The highest BCUT2D eigenvalue weighted by Gasteiger charge is 2.31. The summed E-state index contributed by atoms with van der Waals surface area (Å²) in [7, 11) is -3.12. The van der Waals surface area contributed by atoms with Gasteiger partial charge in [-0.25, -0.2) is 13.1 Å². The van der Waals surface area contributed by atoms with Gasteiger partial charge in [0, 0.05) is 19.1 Å². The molecule has 1 aliphatic heterocycles. The molecular formula is C11H24N2O3S. The van der Waals surface area contributed by atoms with E-state index in [1.165, 1.54) is 6.26 Å². The molecule has 1 unspecified atom stereocenters. The average molecular weight is 264 g/mol. The molecule has 0 radical (unpaired) electrons. The van der Waals surface area contributed by atoms with Crippen LogP contribution in [0.3, 0.4) is 0 Å². The first-order valence-corrected chi connectivity index (χ1v) is 8.09. The van der Waals surface area contributed by atoms with E-state index in [1.807, 2.05) is 13.8 Å². The highest BCUT2D eigenvalue weighted by atomic mass is 32.2. The Morgan fingerprint density at radius 1 is 1.41 bits per heavy atom. The summed E-state index contributed by atoms with van der Waals surface area (Å²) < 4.78 is 24.8. The lowest BCUT2D eigenvalue weighted by Crippen LogP contribution is -2.43. The number of β-amino-alcohol motifs (C(OH)–C–C–N with tert-alkyl or cyclic N) is 1. The van der Waals surface area contributed by atoms with Gasteiger partial charge >= 0.3 is 0 Å². The third kappa shape index (κ3) is 4.91. The minimum Gasteiger partial charge on any atom is -0.389 e. The number of nitrogens with zero attached hydrogens (tertiary/aromatic N) is 1. The van der Waals surface area contributed by atoms with Gasteiger partial charge in [-0.3, -0.25) is 4.90 Å². The van der Waals surface area contributed by atoms with Gasteiger partial charge in [-0.1, -0.05) is 13.8 Å². The minimum absolute atomic E-state index is 0.0111. The zero-order valence-electron chi connectivity index (χ0n) is 10.9. The normalized spacial score (nSPS) is 23.2. The Bertz CT molecular complexity index is 339. The Morgan fingerprint density at radius 3 is 2.47 bits per heavy atom. The maximum Gasteiger partial charge on any atom is 0.208 e. The fraction of sp³-hybridized carbons (Fsp3) is 1.00. The number of sulfonamides is 1. The second-order valence-corrected chi connectivity index (χ2v) is 6.82. The van der Waals surface area contributed by atoms with Gasteiger partial charge in [-0.05, 0) is 25.8 Å². The van der Waals surface area contributed by atoms with Crippen LogP contribution >= 0.6 is 0 Å². The zero-order valence-corrected chi connectivity index (χ0v) is 11.8. The molecule has 1 saturated heterocycles. The predicted octanol–water partition coefficient (Wildman–Crippen LogP) is 0.161. The molecule has 6 heteroatoms. The van der Waals surface area contributed by atoms with E-state index in [-0.39, 0.29) is 6.04 Å². The molecule has 1 heterocycles. The summed E-state index contributed by atoms with van der Waals surface area (Å²) in [6.07, 6.45) is 3.45.